The molecule has 33 heavy (non-hydrogen) atoms. The third-order valence-corrected chi connectivity index (χ3v) is 7.10. The van der Waals surface area contributed by atoms with Crippen LogP contribution in [-0.2, 0) is 15.6 Å². The minimum absolute atomic E-state index is 0.00553. The van der Waals surface area contributed by atoms with Crippen LogP contribution < -0.4 is 15.4 Å². The van der Waals surface area contributed by atoms with Crippen LogP contribution >= 0.6 is 22.9 Å². The minimum atomic E-state index is -3.36. The molecule has 1 atom stereocenters. The maximum absolute atomic E-state index is 12.6. The molecule has 1 aliphatic rings. The van der Waals surface area contributed by atoms with Crippen molar-refractivity contribution in [1.82, 2.24) is 25.3 Å². The lowest BCUT2D eigenvalue weighted by atomic mass is 10.1. The van der Waals surface area contributed by atoms with Gasteiger partial charge < -0.3 is 15.4 Å². The molecule has 2 N–H and O–H groups in total. The molecular formula is C20H17ClN6O4S2. The summed E-state index contributed by atoms with van der Waals surface area (Å²) in [7, 11) is -3.36. The number of hydrogen-bond donors (Lipinski definition) is 2. The van der Waals surface area contributed by atoms with Gasteiger partial charge in [0.25, 0.3) is 5.91 Å². The van der Waals surface area contributed by atoms with Crippen LogP contribution in [0.15, 0.2) is 24.5 Å². The normalized spacial score (nSPS) is 16.2. The molecule has 0 bridgehead atoms. The molecule has 0 unspecified atom stereocenters. The Hall–Kier alpha value is -3.09. The average molecular weight is 505 g/mol. The SMILES string of the molecule is C[C@@H]1CNc2c(sc3ccc4nc(Oc5nc(Cl)ncc5CS(C)(=O)=O)cnc4c23)C(=O)N1. The van der Waals surface area contributed by atoms with Crippen molar-refractivity contribution in [3.05, 3.63) is 40.3 Å². The lowest BCUT2D eigenvalue weighted by Gasteiger charge is -2.10. The molecule has 0 fully saturated rings. The largest absolute Gasteiger partial charge is 0.419 e. The quantitative estimate of drug-likeness (QED) is 0.401. The predicted molar refractivity (Wildman–Crippen MR) is 126 cm³/mol. The van der Waals surface area contributed by atoms with Gasteiger partial charge in [-0.3, -0.25) is 4.79 Å². The number of fused-ring (bicyclic) bond motifs is 5. The van der Waals surface area contributed by atoms with Crippen LogP contribution in [0.4, 0.5) is 5.69 Å². The Morgan fingerprint density at radius 2 is 2.06 bits per heavy atom. The van der Waals surface area contributed by atoms with Crippen LogP contribution in [0.1, 0.15) is 22.2 Å². The molecule has 0 spiro atoms. The number of nitrogens with one attached hydrogen (secondary N) is 2. The third-order valence-electron chi connectivity index (χ3n) is 4.93. The molecule has 0 saturated heterocycles. The number of amides is 1. The minimum Gasteiger partial charge on any atom is -0.419 e. The fourth-order valence-corrected chi connectivity index (χ4v) is 5.54. The Labute approximate surface area is 197 Å². The van der Waals surface area contributed by atoms with Crippen LogP contribution in [0, 0.1) is 0 Å². The summed E-state index contributed by atoms with van der Waals surface area (Å²) in [5.41, 5.74) is 2.16. The van der Waals surface area contributed by atoms with Crippen molar-refractivity contribution in [1.29, 1.82) is 0 Å². The Morgan fingerprint density at radius 1 is 1.24 bits per heavy atom. The van der Waals surface area contributed by atoms with Gasteiger partial charge in [0.15, 0.2) is 9.84 Å². The second-order valence-electron chi connectivity index (χ2n) is 7.72. The first-order valence-corrected chi connectivity index (χ1v) is 13.1. The van der Waals surface area contributed by atoms with Crippen molar-refractivity contribution in [3.8, 4) is 11.8 Å². The highest BCUT2D eigenvalue weighted by atomic mass is 35.5. The van der Waals surface area contributed by atoms with Gasteiger partial charge in [0, 0.05) is 40.7 Å². The van der Waals surface area contributed by atoms with Gasteiger partial charge >= 0.3 is 0 Å². The predicted octanol–water partition coefficient (Wildman–Crippen LogP) is 3.17. The van der Waals surface area contributed by atoms with Crippen molar-refractivity contribution in [3.63, 3.8) is 0 Å². The van der Waals surface area contributed by atoms with E-state index in [0.717, 1.165) is 22.0 Å². The molecule has 13 heteroatoms. The number of ether oxygens (including phenoxy) is 1. The van der Waals surface area contributed by atoms with Gasteiger partial charge in [-0.2, -0.15) is 4.98 Å². The number of carbonyl (C=O) groups excluding carboxylic acids is 1. The van der Waals surface area contributed by atoms with Crippen molar-refractivity contribution >= 4 is 65.5 Å². The Morgan fingerprint density at radius 3 is 2.85 bits per heavy atom. The smallest absolute Gasteiger partial charge is 0.263 e. The summed E-state index contributed by atoms with van der Waals surface area (Å²) in [6.07, 6.45) is 3.83. The first kappa shape index (κ1) is 21.7. The van der Waals surface area contributed by atoms with E-state index in [1.807, 2.05) is 13.0 Å². The Bertz CT molecular complexity index is 1540. The van der Waals surface area contributed by atoms with Gasteiger partial charge in [0.2, 0.25) is 17.0 Å². The Balaban J connectivity index is 1.57. The molecule has 10 nitrogen and oxygen atoms in total. The van der Waals surface area contributed by atoms with Crippen LogP contribution in [0.5, 0.6) is 11.8 Å². The highest BCUT2D eigenvalue weighted by molar-refractivity contribution is 7.89. The monoisotopic (exact) mass is 504 g/mol. The average Bonchev–Trinajstić information content (AvgIpc) is 3.06. The number of sulfone groups is 1. The van der Waals surface area contributed by atoms with E-state index in [4.69, 9.17) is 16.3 Å². The number of hydrogen-bond acceptors (Lipinski definition) is 10. The summed E-state index contributed by atoms with van der Waals surface area (Å²) in [6.45, 7) is 2.52. The number of thiophene rings is 1. The summed E-state index contributed by atoms with van der Waals surface area (Å²) >= 11 is 7.27. The number of benzene rings is 1. The molecule has 4 aromatic rings. The van der Waals surface area contributed by atoms with Crippen molar-refractivity contribution in [2.45, 2.75) is 18.7 Å². The van der Waals surface area contributed by atoms with E-state index < -0.39 is 9.84 Å². The van der Waals surface area contributed by atoms with Crippen LogP contribution in [0.25, 0.3) is 21.1 Å². The van der Waals surface area contributed by atoms with Gasteiger partial charge in [-0.15, -0.1) is 11.3 Å². The highest BCUT2D eigenvalue weighted by Crippen LogP contribution is 2.40. The zero-order valence-electron chi connectivity index (χ0n) is 17.4. The maximum Gasteiger partial charge on any atom is 0.263 e. The van der Waals surface area contributed by atoms with Gasteiger partial charge in [0.05, 0.1) is 28.7 Å². The van der Waals surface area contributed by atoms with E-state index in [-0.39, 0.29) is 40.3 Å². The van der Waals surface area contributed by atoms with Gasteiger partial charge in [-0.1, -0.05) is 0 Å². The first-order valence-electron chi connectivity index (χ1n) is 9.82. The molecule has 0 saturated carbocycles. The third kappa shape index (κ3) is 4.28. The summed E-state index contributed by atoms with van der Waals surface area (Å²) in [4.78, 5) is 30.1. The lowest BCUT2D eigenvalue weighted by molar-refractivity contribution is 0.0949. The summed E-state index contributed by atoms with van der Waals surface area (Å²) in [5, 5.41) is 7.04. The van der Waals surface area contributed by atoms with E-state index in [1.54, 1.807) is 6.07 Å². The molecule has 1 aromatic carbocycles. The van der Waals surface area contributed by atoms with E-state index in [1.165, 1.54) is 23.7 Å². The zero-order chi connectivity index (χ0) is 23.3. The molecule has 0 aliphatic carbocycles. The number of carbonyl (C=O) groups is 1. The number of nitrogens with zero attached hydrogens (tertiary/aromatic N) is 4. The van der Waals surface area contributed by atoms with Crippen LogP contribution in [0.2, 0.25) is 5.28 Å². The number of rotatable bonds is 4. The number of halogens is 1. The van der Waals surface area contributed by atoms with Crippen molar-refractivity contribution in [2.24, 2.45) is 0 Å². The topological polar surface area (TPSA) is 136 Å². The van der Waals surface area contributed by atoms with E-state index in [0.29, 0.717) is 22.5 Å². The molecular weight excluding hydrogens is 488 g/mol. The van der Waals surface area contributed by atoms with Gasteiger partial charge in [0.1, 0.15) is 4.88 Å². The molecule has 3 aromatic heterocycles. The molecule has 4 heterocycles. The fourth-order valence-electron chi connectivity index (χ4n) is 3.56. The first-order chi connectivity index (χ1) is 15.7. The van der Waals surface area contributed by atoms with Crippen LogP contribution in [0.3, 0.4) is 0 Å². The van der Waals surface area contributed by atoms with Crippen LogP contribution in [-0.4, -0.2) is 53.1 Å². The number of anilines is 1. The van der Waals surface area contributed by atoms with Gasteiger partial charge in [-0.05, 0) is 30.7 Å². The Kier molecular flexibility index (Phi) is 5.30. The summed E-state index contributed by atoms with van der Waals surface area (Å²) in [6, 6.07) is 3.66. The highest BCUT2D eigenvalue weighted by Gasteiger charge is 2.25. The molecule has 1 aliphatic heterocycles. The van der Waals surface area contributed by atoms with E-state index >= 15 is 0 Å². The zero-order valence-corrected chi connectivity index (χ0v) is 19.8. The van der Waals surface area contributed by atoms with E-state index in [9.17, 15) is 13.2 Å². The van der Waals surface area contributed by atoms with E-state index in [2.05, 4.69) is 30.6 Å². The molecule has 1 amide bonds. The van der Waals surface area contributed by atoms with Crippen molar-refractivity contribution < 1.29 is 17.9 Å². The summed E-state index contributed by atoms with van der Waals surface area (Å²) < 4.78 is 30.1. The number of aromatic nitrogens is 4. The molecule has 0 radical (unpaired) electrons. The molecule has 5 rings (SSSR count). The second kappa shape index (κ2) is 8.04. The van der Waals surface area contributed by atoms with Crippen molar-refractivity contribution in [2.75, 3.05) is 18.1 Å². The van der Waals surface area contributed by atoms with Gasteiger partial charge in [-0.25, -0.2) is 23.4 Å². The fraction of sp³-hybridized carbons (Fsp3) is 0.250. The standard InChI is InChI=1S/C20H17ClN6O4S2/c1-9-5-22-16-14-12(32-17(16)18(28)25-9)4-3-11-15(14)23-7-13(26-11)31-19-10(8-33(2,29)30)6-24-20(21)27-19/h3-4,6-7,9,22H,5,8H2,1-2H3,(H,25,28)/t9-/m1/s1. The summed E-state index contributed by atoms with van der Waals surface area (Å²) in [5.74, 6) is -0.323. The second-order valence-corrected chi connectivity index (χ2v) is 11.2. The maximum atomic E-state index is 12.6. The molecule has 170 valence electrons. The lowest BCUT2D eigenvalue weighted by Crippen LogP contribution is -2.34.